The molecule has 2 aliphatic carbocycles. The van der Waals surface area contributed by atoms with Gasteiger partial charge in [0.25, 0.3) is 0 Å². The highest BCUT2D eigenvalue weighted by Gasteiger charge is 2.36. The molecule has 0 bridgehead atoms. The van der Waals surface area contributed by atoms with E-state index >= 15 is 0 Å². The molecule has 2 heterocycles. The summed E-state index contributed by atoms with van der Waals surface area (Å²) < 4.78 is 47.2. The molecule has 0 fully saturated rings. The Bertz CT molecular complexity index is 1220. The van der Waals surface area contributed by atoms with Crippen molar-refractivity contribution in [3.05, 3.63) is 93.7 Å². The number of rotatable bonds is 5. The molecule has 3 aliphatic rings. The standard InChI is InChI=1S/C26H24Cl2F3N3O/c1-33-12-11-18-13-17(7-10-23(18)33)16-5-8-20(9-6-16)35-15-19-14-24(26(29,30)31)32-34(19)25-21(27)3-2-4-22(25)28/h2-5,8-12,14,16-18H,6-7,13,15H2,1H3. The van der Waals surface area contributed by atoms with Crippen molar-refractivity contribution in [2.45, 2.75) is 32.0 Å². The maximum atomic E-state index is 13.4. The van der Waals surface area contributed by atoms with Gasteiger partial charge in [-0.25, -0.2) is 4.68 Å². The highest BCUT2D eigenvalue weighted by Crippen LogP contribution is 2.41. The summed E-state index contributed by atoms with van der Waals surface area (Å²) in [5.74, 6) is 2.06. The number of alkyl halides is 3. The first-order valence-corrected chi connectivity index (χ1v) is 12.2. The van der Waals surface area contributed by atoms with Crippen molar-refractivity contribution in [2.75, 3.05) is 7.05 Å². The van der Waals surface area contributed by atoms with Gasteiger partial charge in [-0.3, -0.25) is 0 Å². The second kappa shape index (κ2) is 9.43. The number of nitrogens with zero attached hydrogens (tertiary/aromatic N) is 3. The van der Waals surface area contributed by atoms with Gasteiger partial charge in [0.1, 0.15) is 18.1 Å². The number of fused-ring (bicyclic) bond motifs is 1. The van der Waals surface area contributed by atoms with Gasteiger partial charge in [-0.2, -0.15) is 18.3 Å². The minimum atomic E-state index is -4.61. The number of allylic oxidation sites excluding steroid dienone is 5. The Kier molecular flexibility index (Phi) is 6.49. The van der Waals surface area contributed by atoms with Gasteiger partial charge in [-0.1, -0.05) is 47.5 Å². The Morgan fingerprint density at radius 3 is 2.57 bits per heavy atom. The van der Waals surface area contributed by atoms with E-state index in [0.29, 0.717) is 23.5 Å². The quantitative estimate of drug-likeness (QED) is 0.407. The van der Waals surface area contributed by atoms with Gasteiger partial charge in [0.15, 0.2) is 5.69 Å². The molecule has 0 amide bonds. The summed E-state index contributed by atoms with van der Waals surface area (Å²) in [5.41, 5.74) is 0.742. The molecule has 5 rings (SSSR count). The number of ether oxygens (including phenoxy) is 1. The molecule has 0 spiro atoms. The van der Waals surface area contributed by atoms with E-state index in [-0.39, 0.29) is 28.0 Å². The van der Waals surface area contributed by atoms with Gasteiger partial charge in [0.2, 0.25) is 0 Å². The Morgan fingerprint density at radius 1 is 1.11 bits per heavy atom. The lowest BCUT2D eigenvalue weighted by molar-refractivity contribution is -0.141. The molecule has 1 aliphatic heterocycles. The molecular weight excluding hydrogens is 498 g/mol. The average molecular weight is 522 g/mol. The fraction of sp³-hybridized carbons (Fsp3) is 0.346. The molecule has 3 atom stereocenters. The number of para-hydroxylation sites is 1. The second-order valence-electron chi connectivity index (χ2n) is 9.07. The van der Waals surface area contributed by atoms with Gasteiger partial charge in [-0.15, -0.1) is 0 Å². The normalized spacial score (nSPS) is 23.8. The van der Waals surface area contributed by atoms with Crippen LogP contribution in [0.2, 0.25) is 10.0 Å². The van der Waals surface area contributed by atoms with Crippen LogP contribution in [0.3, 0.4) is 0 Å². The number of hydrogen-bond donors (Lipinski definition) is 0. The van der Waals surface area contributed by atoms with E-state index in [0.717, 1.165) is 30.0 Å². The summed E-state index contributed by atoms with van der Waals surface area (Å²) in [4.78, 5) is 2.19. The molecule has 4 nitrogen and oxygen atoms in total. The van der Waals surface area contributed by atoms with Crippen molar-refractivity contribution in [3.63, 3.8) is 0 Å². The van der Waals surface area contributed by atoms with E-state index in [1.165, 1.54) is 5.70 Å². The first-order chi connectivity index (χ1) is 16.7. The Morgan fingerprint density at radius 2 is 1.89 bits per heavy atom. The Balaban J connectivity index is 1.29. The third kappa shape index (κ3) is 4.89. The molecule has 3 unspecified atom stereocenters. The van der Waals surface area contributed by atoms with Crippen molar-refractivity contribution < 1.29 is 17.9 Å². The fourth-order valence-electron chi connectivity index (χ4n) is 5.00. The number of halogens is 5. The molecule has 0 saturated heterocycles. The summed E-state index contributed by atoms with van der Waals surface area (Å²) >= 11 is 12.5. The van der Waals surface area contributed by atoms with Crippen LogP contribution in [0, 0.1) is 17.8 Å². The van der Waals surface area contributed by atoms with E-state index in [4.69, 9.17) is 27.9 Å². The first-order valence-electron chi connectivity index (χ1n) is 11.4. The van der Waals surface area contributed by atoms with Gasteiger partial charge in [0, 0.05) is 24.9 Å². The van der Waals surface area contributed by atoms with Crippen LogP contribution in [-0.2, 0) is 17.5 Å². The maximum Gasteiger partial charge on any atom is 0.435 e. The lowest BCUT2D eigenvalue weighted by Crippen LogP contribution is -2.23. The molecule has 2 aromatic rings. The smallest absolute Gasteiger partial charge is 0.435 e. The van der Waals surface area contributed by atoms with Crippen molar-refractivity contribution in [1.29, 1.82) is 0 Å². The average Bonchev–Trinajstić information content (AvgIpc) is 3.42. The lowest BCUT2D eigenvalue weighted by Gasteiger charge is -2.32. The molecule has 0 N–H and O–H groups in total. The van der Waals surface area contributed by atoms with Gasteiger partial charge in [-0.05, 0) is 61.4 Å². The summed E-state index contributed by atoms with van der Waals surface area (Å²) in [6, 6.07) is 5.69. The minimum absolute atomic E-state index is 0.111. The molecular formula is C26H24Cl2F3N3O. The second-order valence-corrected chi connectivity index (χ2v) is 9.89. The monoisotopic (exact) mass is 521 g/mol. The minimum Gasteiger partial charge on any atom is -0.488 e. The van der Waals surface area contributed by atoms with Gasteiger partial charge < -0.3 is 9.64 Å². The summed E-state index contributed by atoms with van der Waals surface area (Å²) in [7, 11) is 2.08. The van der Waals surface area contributed by atoms with Crippen LogP contribution in [-0.4, -0.2) is 21.7 Å². The van der Waals surface area contributed by atoms with Crippen molar-refractivity contribution in [1.82, 2.24) is 14.7 Å². The van der Waals surface area contributed by atoms with Crippen LogP contribution < -0.4 is 0 Å². The van der Waals surface area contributed by atoms with Crippen LogP contribution >= 0.6 is 23.2 Å². The van der Waals surface area contributed by atoms with Crippen LogP contribution in [0.5, 0.6) is 0 Å². The largest absolute Gasteiger partial charge is 0.488 e. The molecule has 184 valence electrons. The molecule has 35 heavy (non-hydrogen) atoms. The zero-order chi connectivity index (χ0) is 24.7. The highest BCUT2D eigenvalue weighted by atomic mass is 35.5. The van der Waals surface area contributed by atoms with Gasteiger partial charge in [0.05, 0.1) is 15.7 Å². The number of hydrogen-bond acceptors (Lipinski definition) is 3. The molecule has 0 saturated carbocycles. The highest BCUT2D eigenvalue weighted by molar-refractivity contribution is 6.37. The summed E-state index contributed by atoms with van der Waals surface area (Å²) in [5, 5.41) is 4.13. The van der Waals surface area contributed by atoms with E-state index in [9.17, 15) is 13.2 Å². The lowest BCUT2D eigenvalue weighted by atomic mass is 9.75. The van der Waals surface area contributed by atoms with Crippen LogP contribution in [0.1, 0.15) is 30.7 Å². The van der Waals surface area contributed by atoms with Crippen molar-refractivity contribution in [3.8, 4) is 5.69 Å². The van der Waals surface area contributed by atoms with E-state index in [1.807, 2.05) is 12.2 Å². The maximum absolute atomic E-state index is 13.4. The third-order valence-corrected chi connectivity index (χ3v) is 7.44. The van der Waals surface area contributed by atoms with Crippen LogP contribution in [0.25, 0.3) is 5.69 Å². The predicted octanol–water partition coefficient (Wildman–Crippen LogP) is 7.54. The third-order valence-electron chi connectivity index (χ3n) is 6.83. The van der Waals surface area contributed by atoms with E-state index in [2.05, 4.69) is 41.5 Å². The predicted molar refractivity (Wildman–Crippen MR) is 130 cm³/mol. The fourth-order valence-corrected chi connectivity index (χ4v) is 5.55. The summed E-state index contributed by atoms with van der Waals surface area (Å²) in [6.45, 7) is -0.111. The van der Waals surface area contributed by atoms with E-state index in [1.54, 1.807) is 18.2 Å². The first kappa shape index (κ1) is 24.1. The zero-order valence-electron chi connectivity index (χ0n) is 19.0. The van der Waals surface area contributed by atoms with E-state index < -0.39 is 11.9 Å². The Labute approximate surface area is 212 Å². The summed E-state index contributed by atoms with van der Waals surface area (Å²) in [6.07, 6.45) is 11.2. The van der Waals surface area contributed by atoms with Crippen molar-refractivity contribution >= 4 is 23.2 Å². The van der Waals surface area contributed by atoms with Gasteiger partial charge >= 0.3 is 6.18 Å². The SMILES string of the molecule is CN1C=CC2CC(C3C=CC(OCc4cc(C(F)(F)F)nn4-c4c(Cl)cccc4Cl)=CC3)CC=C21. The van der Waals surface area contributed by atoms with Crippen molar-refractivity contribution in [2.24, 2.45) is 17.8 Å². The molecule has 1 aromatic heterocycles. The van der Waals surface area contributed by atoms with Crippen LogP contribution in [0.15, 0.2) is 72.3 Å². The molecule has 9 heteroatoms. The Hall–Kier alpha value is -2.64. The van der Waals surface area contributed by atoms with Crippen LogP contribution in [0.4, 0.5) is 13.2 Å². The number of aromatic nitrogens is 2. The molecule has 1 aromatic carbocycles. The molecule has 0 radical (unpaired) electrons. The number of benzene rings is 1. The topological polar surface area (TPSA) is 30.3 Å². The zero-order valence-corrected chi connectivity index (χ0v) is 20.5.